The highest BCUT2D eigenvalue weighted by atomic mass is 35.5. The minimum absolute atomic E-state index is 0. The molecule has 116 heavy (non-hydrogen) atoms. The van der Waals surface area contributed by atoms with Crippen molar-refractivity contribution in [2.75, 3.05) is 17.7 Å². The molecule has 0 saturated heterocycles. The van der Waals surface area contributed by atoms with Crippen LogP contribution in [0.3, 0.4) is 0 Å². The standard InChI is InChI=1S/C22H14N2O5S2.C21H13F2NO3S2.C20H12ClNO3S2.C18H9Cl2N3O3S2.CH4/c1-28-15-4-2-3-11-8-16(29-19(11)15)20-18(22(26)27)14(9-30-20)24-21(25)12-5-6-17-13(7-12)23-10-31-17;1-10-2-4-13(19(23)18(10)22)20-17(21(26)27)12(8-28-20)7-15(25)11-3-5-16-14(6-11)24-9-29-16;21-14-4-1-11(2-5-14)19-18(20(24)25)13(9-26-19)8-16(23)12-3-6-17-15(7-12)22-10-27-17;19-10-3-1-8(5-11(10)20)16-15(18(25)26)13(7-27-16)21-17(24)9-2-4-14-12(6-9)22-23-28-14;/h2-10H,1H3,(H,24,25)(H,26,27);2-6,8-9H,7H2,1H3,(H,26,27);1-7,9-10H,8H2,(H,24,25);1-7H,(H,21,24)(H,25,26);1H4. The summed E-state index contributed by atoms with van der Waals surface area (Å²) in [7, 11) is 1.54. The number of thiazole rings is 3. The van der Waals surface area contributed by atoms with Crippen LogP contribution in [0.4, 0.5) is 20.2 Å². The molecule has 9 heterocycles. The highest BCUT2D eigenvalue weighted by Crippen LogP contribution is 2.44. The lowest BCUT2D eigenvalue weighted by molar-refractivity contribution is 0.0685. The predicted octanol–water partition coefficient (Wildman–Crippen LogP) is 23.6. The van der Waals surface area contributed by atoms with Crippen LogP contribution in [0.15, 0.2) is 194 Å². The van der Waals surface area contributed by atoms with E-state index in [9.17, 15) is 67.6 Å². The van der Waals surface area contributed by atoms with Crippen molar-refractivity contribution in [3.63, 3.8) is 0 Å². The Bertz CT molecular complexity index is 6740. The number of fused-ring (bicyclic) bond motifs is 5. The van der Waals surface area contributed by atoms with Gasteiger partial charge in [0.05, 0.1) is 106 Å². The topological polar surface area (TPSA) is 328 Å². The number of carbonyl (C=O) groups is 8. The maximum absolute atomic E-state index is 14.4. The number of ether oxygens (including phenoxy) is 1. The monoisotopic (exact) mass is 1760 g/mol. The van der Waals surface area contributed by atoms with E-state index >= 15 is 0 Å². The van der Waals surface area contributed by atoms with Crippen molar-refractivity contribution in [3.8, 4) is 47.7 Å². The minimum Gasteiger partial charge on any atom is -0.493 e. The number of hydrogen-bond donors (Lipinski definition) is 6. The number of nitrogens with one attached hydrogen (secondary N) is 2. The molecule has 0 unspecified atom stereocenters. The number of nitrogens with zero attached hydrogens (tertiary/aromatic N) is 5. The number of carboxylic acids is 4. The van der Waals surface area contributed by atoms with Crippen LogP contribution in [0.25, 0.3) is 93.8 Å². The van der Waals surface area contributed by atoms with Gasteiger partial charge in [-0.25, -0.2) is 42.9 Å². The van der Waals surface area contributed by atoms with Gasteiger partial charge >= 0.3 is 23.9 Å². The molecule has 0 spiro atoms. The number of ketones is 2. The summed E-state index contributed by atoms with van der Waals surface area (Å²) >= 11 is 28.3. The first-order chi connectivity index (χ1) is 55.4. The molecular weight excluding hydrogens is 1710 g/mol. The lowest BCUT2D eigenvalue weighted by Crippen LogP contribution is -2.14. The van der Waals surface area contributed by atoms with E-state index < -0.39 is 47.3 Å². The molecular formula is C82H52Cl3F2N7O14S8. The lowest BCUT2D eigenvalue weighted by Gasteiger charge is -2.07. The molecule has 9 aromatic heterocycles. The van der Waals surface area contributed by atoms with Crippen molar-refractivity contribution < 1.29 is 76.7 Å². The molecule has 0 atom stereocenters. The van der Waals surface area contributed by atoms with Gasteiger partial charge < -0.3 is 40.2 Å². The Morgan fingerprint density at radius 1 is 0.474 bits per heavy atom. The summed E-state index contributed by atoms with van der Waals surface area (Å²) in [5.41, 5.74) is 12.7. The smallest absolute Gasteiger partial charge is 0.339 e. The van der Waals surface area contributed by atoms with Gasteiger partial charge in [-0.3, -0.25) is 19.2 Å². The van der Waals surface area contributed by atoms with Gasteiger partial charge in [0.15, 0.2) is 34.5 Å². The van der Waals surface area contributed by atoms with Crippen molar-refractivity contribution in [1.82, 2.24) is 24.5 Å². The number of carboxylic acid groups (broad SMARTS) is 4. The zero-order chi connectivity index (χ0) is 81.0. The number of rotatable bonds is 19. The van der Waals surface area contributed by atoms with E-state index in [4.69, 9.17) is 44.0 Å². The normalized spacial score (nSPS) is 11.0. The minimum atomic E-state index is -1.29. The number of furan rings is 1. The number of amides is 2. The molecule has 0 saturated carbocycles. The van der Waals surface area contributed by atoms with Gasteiger partial charge in [-0.15, -0.1) is 84.5 Å². The van der Waals surface area contributed by atoms with Crippen molar-refractivity contribution in [1.29, 1.82) is 0 Å². The van der Waals surface area contributed by atoms with Crippen LogP contribution in [0, 0.1) is 18.6 Å². The van der Waals surface area contributed by atoms with Crippen molar-refractivity contribution in [3.05, 3.63) is 278 Å². The van der Waals surface area contributed by atoms with E-state index in [2.05, 4.69) is 35.2 Å². The largest absolute Gasteiger partial charge is 0.493 e. The van der Waals surface area contributed by atoms with Crippen molar-refractivity contribution >= 4 is 236 Å². The van der Waals surface area contributed by atoms with Gasteiger partial charge in [-0.2, -0.15) is 0 Å². The van der Waals surface area contributed by atoms with Gasteiger partial charge in [0.1, 0.15) is 22.4 Å². The fourth-order valence-electron chi connectivity index (χ4n) is 11.9. The molecule has 0 radical (unpaired) electrons. The Kier molecular flexibility index (Phi) is 25.2. The number of aromatic carboxylic acids is 4. The quantitative estimate of drug-likeness (QED) is 0.0410. The second kappa shape index (κ2) is 35.6. The summed E-state index contributed by atoms with van der Waals surface area (Å²) in [6, 6.07) is 42.5. The number of Topliss-reactive ketones (excluding diaryl/α,β-unsaturated/α-hetero) is 2. The fraction of sp³-hybridized carbons (Fsp3) is 0.0610. The van der Waals surface area contributed by atoms with Gasteiger partial charge in [-0.05, 0) is 166 Å². The molecule has 6 N–H and O–H groups in total. The molecule has 21 nitrogen and oxygen atoms in total. The number of benzene rings is 8. The lowest BCUT2D eigenvalue weighted by atomic mass is 9.98. The first-order valence-electron chi connectivity index (χ1n) is 33.4. The summed E-state index contributed by atoms with van der Waals surface area (Å²) < 4.78 is 47.2. The molecule has 0 bridgehead atoms. The maximum Gasteiger partial charge on any atom is 0.339 e. The summed E-state index contributed by atoms with van der Waals surface area (Å²) in [5, 5.41) is 56.8. The molecule has 34 heteroatoms. The second-order valence-electron chi connectivity index (χ2n) is 24.7. The molecule has 0 aliphatic carbocycles. The summed E-state index contributed by atoms with van der Waals surface area (Å²) in [5.74, 6) is -7.06. The van der Waals surface area contributed by atoms with Crippen LogP contribution in [-0.4, -0.2) is 99.3 Å². The molecule has 0 aliphatic rings. The predicted molar refractivity (Wildman–Crippen MR) is 458 cm³/mol. The number of aromatic nitrogens is 5. The fourth-order valence-corrected chi connectivity index (χ4v) is 19.0. The van der Waals surface area contributed by atoms with Crippen LogP contribution in [0.1, 0.15) is 107 Å². The van der Waals surface area contributed by atoms with Crippen LogP contribution >= 0.6 is 126 Å². The van der Waals surface area contributed by atoms with Gasteiger partial charge in [-0.1, -0.05) is 89.2 Å². The van der Waals surface area contributed by atoms with E-state index in [1.165, 1.54) is 104 Å². The number of halogens is 5. The number of para-hydroxylation sites is 1. The van der Waals surface area contributed by atoms with Gasteiger partial charge in [0, 0.05) is 66.7 Å². The highest BCUT2D eigenvalue weighted by Gasteiger charge is 2.29. The third kappa shape index (κ3) is 17.6. The van der Waals surface area contributed by atoms with E-state index in [1.807, 2.05) is 24.3 Å². The zero-order valence-electron chi connectivity index (χ0n) is 58.7. The Labute approximate surface area is 701 Å². The number of anilines is 2. The molecule has 17 aromatic rings. The van der Waals surface area contributed by atoms with Crippen LogP contribution in [-0.2, 0) is 12.8 Å². The average molecular weight is 1760 g/mol. The Morgan fingerprint density at radius 2 is 0.948 bits per heavy atom. The average Bonchev–Trinajstić information content (AvgIpc) is 1.63. The van der Waals surface area contributed by atoms with E-state index in [1.54, 1.807) is 155 Å². The highest BCUT2D eigenvalue weighted by molar-refractivity contribution is 7.18. The number of aryl methyl sites for hydroxylation is 1. The molecule has 0 fully saturated rings. The zero-order valence-corrected chi connectivity index (χ0v) is 67.5. The van der Waals surface area contributed by atoms with E-state index in [-0.39, 0.29) is 87.0 Å². The number of carbonyl (C=O) groups excluding carboxylic acids is 4. The second-order valence-corrected chi connectivity index (χ2v) is 32.9. The maximum atomic E-state index is 14.4. The van der Waals surface area contributed by atoms with Crippen LogP contribution in [0.5, 0.6) is 5.75 Å². The van der Waals surface area contributed by atoms with E-state index in [0.717, 1.165) is 52.1 Å². The Morgan fingerprint density at radius 3 is 1.49 bits per heavy atom. The Balaban J connectivity index is 0.000000134. The van der Waals surface area contributed by atoms with E-state index in [0.29, 0.717) is 91.2 Å². The first-order valence-corrected chi connectivity index (χ1v) is 41.5. The third-order valence-electron chi connectivity index (χ3n) is 17.5. The van der Waals surface area contributed by atoms with Gasteiger partial charge in [0.2, 0.25) is 0 Å². The number of thiophene rings is 4. The molecule has 17 rings (SSSR count). The summed E-state index contributed by atoms with van der Waals surface area (Å²) in [6.07, 6.45) is -0.134. The molecule has 0 aliphatic heterocycles. The summed E-state index contributed by atoms with van der Waals surface area (Å²) in [6.45, 7) is 1.43. The molecule has 582 valence electrons. The van der Waals surface area contributed by atoms with Gasteiger partial charge in [0.25, 0.3) is 11.8 Å². The Hall–Kier alpha value is -11.7. The third-order valence-corrected chi connectivity index (χ3v) is 25.8. The molecule has 2 amide bonds. The SMILES string of the molecule is C.COc1cccc2cc(-c3scc(NC(=O)c4ccc5scnc5c4)c3C(=O)O)oc12.Cc1ccc(-c2scc(CC(=O)c3ccc4scnc4c3)c2C(=O)O)c(F)c1F.O=C(Cc1csc(-c2ccc(Cl)cc2)c1C(=O)O)c1ccc2scnc2c1.O=C(Nc1csc(-c2ccc(Cl)c(Cl)c2)c1C(=O)O)c1ccc2snnc2c1. The summed E-state index contributed by atoms with van der Waals surface area (Å²) in [4.78, 5) is 113. The number of hydrogen-bond acceptors (Lipinski definition) is 23. The van der Waals surface area contributed by atoms with Crippen LogP contribution < -0.4 is 15.4 Å². The first kappa shape index (κ1) is 82.3. The molecule has 8 aromatic carbocycles. The number of methoxy groups -OCH3 is 1. The van der Waals surface area contributed by atoms with Crippen molar-refractivity contribution in [2.45, 2.75) is 27.2 Å². The van der Waals surface area contributed by atoms with Crippen molar-refractivity contribution in [2.24, 2.45) is 0 Å². The van der Waals surface area contributed by atoms with Crippen LogP contribution in [0.2, 0.25) is 15.1 Å².